The molecule has 0 aliphatic heterocycles. The normalized spacial score (nSPS) is 32.4. The van der Waals surface area contributed by atoms with Crippen LogP contribution in [-0.2, 0) is 4.79 Å². The molecule has 2 saturated carbocycles. The number of nitrogens with one attached hydrogen (secondary N) is 1. The topological polar surface area (TPSA) is 55.1 Å². The van der Waals surface area contributed by atoms with Crippen LogP contribution in [-0.4, -0.2) is 18.0 Å². The van der Waals surface area contributed by atoms with Crippen LogP contribution < -0.4 is 11.1 Å². The van der Waals surface area contributed by atoms with Gasteiger partial charge in [-0.15, -0.1) is 0 Å². The summed E-state index contributed by atoms with van der Waals surface area (Å²) in [5.41, 5.74) is 6.02. The highest BCUT2D eigenvalue weighted by atomic mass is 16.2. The van der Waals surface area contributed by atoms with Crippen LogP contribution in [0.2, 0.25) is 0 Å². The molecule has 1 amide bonds. The van der Waals surface area contributed by atoms with Gasteiger partial charge in [-0.05, 0) is 32.1 Å². The van der Waals surface area contributed by atoms with Crippen molar-refractivity contribution >= 4 is 5.91 Å². The van der Waals surface area contributed by atoms with Crippen LogP contribution in [0.1, 0.15) is 64.7 Å². The fourth-order valence-electron chi connectivity index (χ4n) is 3.45. The standard InChI is InChI=1S/C14H26N2O/c1-2-14(9-5-6-10-14)13(17)16-12-8-4-3-7-11(12)15/h11-12H,2-10,15H2,1H3,(H,16,17). The lowest BCUT2D eigenvalue weighted by molar-refractivity contribution is -0.132. The molecule has 3 N–H and O–H groups in total. The Bertz CT molecular complexity index is 271. The lowest BCUT2D eigenvalue weighted by Gasteiger charge is -2.34. The van der Waals surface area contributed by atoms with E-state index in [1.54, 1.807) is 0 Å². The maximum absolute atomic E-state index is 12.4. The Balaban J connectivity index is 1.95. The van der Waals surface area contributed by atoms with Crippen LogP contribution in [0, 0.1) is 5.41 Å². The summed E-state index contributed by atoms with van der Waals surface area (Å²) in [6.45, 7) is 2.14. The van der Waals surface area contributed by atoms with Gasteiger partial charge in [-0.25, -0.2) is 0 Å². The summed E-state index contributed by atoms with van der Waals surface area (Å²) in [5, 5.41) is 3.24. The van der Waals surface area contributed by atoms with Gasteiger partial charge < -0.3 is 11.1 Å². The van der Waals surface area contributed by atoms with Crippen molar-refractivity contribution in [2.24, 2.45) is 11.1 Å². The Labute approximate surface area is 105 Å². The van der Waals surface area contributed by atoms with Gasteiger partial charge >= 0.3 is 0 Å². The van der Waals surface area contributed by atoms with Crippen LogP contribution in [0.25, 0.3) is 0 Å². The fraction of sp³-hybridized carbons (Fsp3) is 0.929. The molecule has 0 aromatic heterocycles. The van der Waals surface area contributed by atoms with E-state index in [0.29, 0.717) is 0 Å². The first-order valence-corrected chi connectivity index (χ1v) is 7.24. The van der Waals surface area contributed by atoms with E-state index >= 15 is 0 Å². The minimum atomic E-state index is -0.0723. The largest absolute Gasteiger partial charge is 0.351 e. The molecule has 0 heterocycles. The molecule has 2 unspecified atom stereocenters. The number of hydrogen-bond acceptors (Lipinski definition) is 2. The number of amides is 1. The monoisotopic (exact) mass is 238 g/mol. The SMILES string of the molecule is CCC1(C(=O)NC2CCCCC2N)CCCC1. The summed E-state index contributed by atoms with van der Waals surface area (Å²) in [7, 11) is 0. The first kappa shape index (κ1) is 12.9. The van der Waals surface area contributed by atoms with Crippen molar-refractivity contribution in [3.63, 3.8) is 0 Å². The zero-order valence-electron chi connectivity index (χ0n) is 11.0. The van der Waals surface area contributed by atoms with E-state index in [1.807, 2.05) is 0 Å². The van der Waals surface area contributed by atoms with Crippen LogP contribution in [0.4, 0.5) is 0 Å². The third kappa shape index (κ3) is 2.65. The third-order valence-electron chi connectivity index (χ3n) is 4.86. The summed E-state index contributed by atoms with van der Waals surface area (Å²) >= 11 is 0. The van der Waals surface area contributed by atoms with E-state index in [9.17, 15) is 4.79 Å². The molecule has 0 aromatic rings. The molecule has 0 aromatic carbocycles. The van der Waals surface area contributed by atoms with E-state index in [4.69, 9.17) is 5.73 Å². The molecule has 98 valence electrons. The maximum Gasteiger partial charge on any atom is 0.226 e. The van der Waals surface area contributed by atoms with E-state index in [2.05, 4.69) is 12.2 Å². The van der Waals surface area contributed by atoms with Crippen molar-refractivity contribution in [2.45, 2.75) is 76.8 Å². The molecular formula is C14H26N2O. The summed E-state index contributed by atoms with van der Waals surface area (Å²) in [4.78, 5) is 12.4. The predicted molar refractivity (Wildman–Crippen MR) is 69.6 cm³/mol. The van der Waals surface area contributed by atoms with E-state index in [0.717, 1.165) is 32.1 Å². The second-order valence-electron chi connectivity index (χ2n) is 5.87. The number of carbonyl (C=O) groups is 1. The van der Waals surface area contributed by atoms with Crippen molar-refractivity contribution in [1.82, 2.24) is 5.32 Å². The minimum absolute atomic E-state index is 0.0723. The lowest BCUT2D eigenvalue weighted by atomic mass is 9.81. The van der Waals surface area contributed by atoms with E-state index in [1.165, 1.54) is 25.7 Å². The zero-order valence-corrected chi connectivity index (χ0v) is 11.0. The number of rotatable bonds is 3. The molecule has 0 saturated heterocycles. The van der Waals surface area contributed by atoms with Crippen molar-refractivity contribution in [1.29, 1.82) is 0 Å². The molecule has 17 heavy (non-hydrogen) atoms. The highest BCUT2D eigenvalue weighted by Gasteiger charge is 2.40. The lowest BCUT2D eigenvalue weighted by Crippen LogP contribution is -2.53. The first-order chi connectivity index (χ1) is 8.18. The average molecular weight is 238 g/mol. The average Bonchev–Trinajstić information content (AvgIpc) is 2.82. The van der Waals surface area contributed by atoms with Crippen LogP contribution in [0.15, 0.2) is 0 Å². The van der Waals surface area contributed by atoms with Gasteiger partial charge in [0.25, 0.3) is 0 Å². The quantitative estimate of drug-likeness (QED) is 0.793. The second kappa shape index (κ2) is 5.38. The molecule has 2 rings (SSSR count). The first-order valence-electron chi connectivity index (χ1n) is 7.24. The van der Waals surface area contributed by atoms with Gasteiger partial charge in [0.05, 0.1) is 0 Å². The highest BCUT2D eigenvalue weighted by molar-refractivity contribution is 5.83. The summed E-state index contributed by atoms with van der Waals surface area (Å²) in [5.74, 6) is 0.278. The van der Waals surface area contributed by atoms with Gasteiger partial charge in [0.15, 0.2) is 0 Å². The molecule has 2 aliphatic rings. The predicted octanol–water partition coefficient (Wildman–Crippen LogP) is 2.34. The Kier molecular flexibility index (Phi) is 4.08. The van der Waals surface area contributed by atoms with Crippen LogP contribution in [0.3, 0.4) is 0 Å². The van der Waals surface area contributed by atoms with Gasteiger partial charge in [-0.2, -0.15) is 0 Å². The minimum Gasteiger partial charge on any atom is -0.351 e. The molecule has 2 aliphatic carbocycles. The van der Waals surface area contributed by atoms with E-state index in [-0.39, 0.29) is 23.4 Å². The zero-order chi connectivity index (χ0) is 12.3. The van der Waals surface area contributed by atoms with Crippen molar-refractivity contribution in [2.75, 3.05) is 0 Å². The smallest absolute Gasteiger partial charge is 0.226 e. The Morgan fingerprint density at radius 2 is 1.88 bits per heavy atom. The van der Waals surface area contributed by atoms with Crippen molar-refractivity contribution < 1.29 is 4.79 Å². The van der Waals surface area contributed by atoms with Gasteiger partial charge in [0.1, 0.15) is 0 Å². The molecular weight excluding hydrogens is 212 g/mol. The Hall–Kier alpha value is -0.570. The molecule has 3 nitrogen and oxygen atoms in total. The molecule has 3 heteroatoms. The fourth-order valence-corrected chi connectivity index (χ4v) is 3.45. The third-order valence-corrected chi connectivity index (χ3v) is 4.86. The van der Waals surface area contributed by atoms with Gasteiger partial charge in [-0.3, -0.25) is 4.79 Å². The van der Waals surface area contributed by atoms with E-state index < -0.39 is 0 Å². The van der Waals surface area contributed by atoms with Crippen LogP contribution in [0.5, 0.6) is 0 Å². The van der Waals surface area contributed by atoms with Gasteiger partial charge in [-0.1, -0.05) is 32.6 Å². The van der Waals surface area contributed by atoms with Gasteiger partial charge in [0, 0.05) is 17.5 Å². The second-order valence-corrected chi connectivity index (χ2v) is 5.87. The van der Waals surface area contributed by atoms with Crippen molar-refractivity contribution in [3.05, 3.63) is 0 Å². The summed E-state index contributed by atoms with van der Waals surface area (Å²) < 4.78 is 0. The molecule has 0 spiro atoms. The summed E-state index contributed by atoms with van der Waals surface area (Å²) in [6, 6.07) is 0.392. The molecule has 0 bridgehead atoms. The van der Waals surface area contributed by atoms with Crippen LogP contribution >= 0.6 is 0 Å². The summed E-state index contributed by atoms with van der Waals surface area (Å²) in [6.07, 6.45) is 10.1. The maximum atomic E-state index is 12.4. The van der Waals surface area contributed by atoms with Gasteiger partial charge in [0.2, 0.25) is 5.91 Å². The Morgan fingerprint density at radius 1 is 1.24 bits per heavy atom. The number of carbonyl (C=O) groups excluding carboxylic acids is 1. The number of nitrogens with two attached hydrogens (primary N) is 1. The Morgan fingerprint density at radius 3 is 2.47 bits per heavy atom. The number of hydrogen-bond donors (Lipinski definition) is 2. The van der Waals surface area contributed by atoms with Crippen molar-refractivity contribution in [3.8, 4) is 0 Å². The highest BCUT2D eigenvalue weighted by Crippen LogP contribution is 2.41. The molecule has 2 atom stereocenters. The molecule has 0 radical (unpaired) electrons. The molecule has 2 fully saturated rings.